The van der Waals surface area contributed by atoms with Crippen LogP contribution in [-0.4, -0.2) is 46.7 Å². The maximum Gasteiger partial charge on any atom is 0.325 e. The number of rotatable bonds is 7. The Bertz CT molecular complexity index is 763. The largest absolute Gasteiger partial charge is 0.491 e. The molecule has 7 heteroatoms. The molecule has 2 fully saturated rings. The summed E-state index contributed by atoms with van der Waals surface area (Å²) in [4.78, 5) is 25.9. The number of amides is 3. The summed E-state index contributed by atoms with van der Waals surface area (Å²) in [7, 11) is 0. The lowest BCUT2D eigenvalue weighted by Gasteiger charge is -2.23. The van der Waals surface area contributed by atoms with Crippen LogP contribution in [0.4, 0.5) is 4.79 Å². The topological polar surface area (TPSA) is 78.9 Å². The second-order valence-corrected chi connectivity index (χ2v) is 8.49. The van der Waals surface area contributed by atoms with Crippen LogP contribution in [0.1, 0.15) is 50.7 Å². The molecule has 1 aliphatic carbocycles. The molecule has 1 saturated heterocycles. The fourth-order valence-electron chi connectivity index (χ4n) is 3.51. The van der Waals surface area contributed by atoms with Gasteiger partial charge in [-0.3, -0.25) is 9.69 Å². The molecule has 0 spiro atoms. The number of urea groups is 1. The summed E-state index contributed by atoms with van der Waals surface area (Å²) in [6, 6.07) is 3.28. The van der Waals surface area contributed by atoms with Crippen LogP contribution in [0.25, 0.3) is 0 Å². The van der Waals surface area contributed by atoms with Crippen molar-refractivity contribution in [2.75, 3.05) is 13.2 Å². The molecule has 0 radical (unpaired) electrons. The summed E-state index contributed by atoms with van der Waals surface area (Å²) >= 11 is 6.20. The standard InChI is InChI=1S/C20H27ClN2O4/c1-11(2)15-8-16(21)12(3)7-17(15)27-10-14(24)9-23-18(25)20(4,13-5-6-13)22-19(23)26/h7-8,11,13-14,24H,5-6,9-10H2,1-4H3,(H,22,26)/t14-,20-/m1/s1. The van der Waals surface area contributed by atoms with E-state index in [0.717, 1.165) is 28.9 Å². The van der Waals surface area contributed by atoms with Crippen molar-refractivity contribution >= 4 is 23.5 Å². The molecular weight excluding hydrogens is 368 g/mol. The Morgan fingerprint density at radius 1 is 1.37 bits per heavy atom. The highest BCUT2D eigenvalue weighted by atomic mass is 35.5. The first-order valence-corrected chi connectivity index (χ1v) is 9.76. The van der Waals surface area contributed by atoms with Gasteiger partial charge in [0.15, 0.2) is 0 Å². The summed E-state index contributed by atoms with van der Waals surface area (Å²) in [5, 5.41) is 13.8. The molecule has 0 bridgehead atoms. The van der Waals surface area contributed by atoms with Crippen LogP contribution in [0.3, 0.4) is 0 Å². The van der Waals surface area contributed by atoms with Crippen molar-refractivity contribution in [3.8, 4) is 5.75 Å². The molecule has 0 unspecified atom stereocenters. The monoisotopic (exact) mass is 394 g/mol. The number of hydrogen-bond acceptors (Lipinski definition) is 4. The van der Waals surface area contributed by atoms with Crippen molar-refractivity contribution in [1.29, 1.82) is 0 Å². The molecule has 2 aliphatic rings. The minimum Gasteiger partial charge on any atom is -0.491 e. The Morgan fingerprint density at radius 3 is 2.63 bits per heavy atom. The quantitative estimate of drug-likeness (QED) is 0.696. The SMILES string of the molecule is Cc1cc(OC[C@H](O)CN2C(=O)N[C@](C)(C3CC3)C2=O)c(C(C)C)cc1Cl. The normalized spacial score (nSPS) is 23.7. The fraction of sp³-hybridized carbons (Fsp3) is 0.600. The molecule has 0 aromatic heterocycles. The molecule has 3 amide bonds. The highest BCUT2D eigenvalue weighted by Crippen LogP contribution is 2.42. The summed E-state index contributed by atoms with van der Waals surface area (Å²) in [5.74, 6) is 0.795. The summed E-state index contributed by atoms with van der Waals surface area (Å²) in [5.41, 5.74) is 1.00. The van der Waals surface area contributed by atoms with Crippen LogP contribution in [0, 0.1) is 12.8 Å². The van der Waals surface area contributed by atoms with Gasteiger partial charge in [0.1, 0.15) is 24.0 Å². The number of aliphatic hydroxyl groups is 1. The third-order valence-corrected chi connectivity index (χ3v) is 5.84. The molecule has 1 saturated carbocycles. The summed E-state index contributed by atoms with van der Waals surface area (Å²) in [6.45, 7) is 7.63. The molecule has 2 N–H and O–H groups in total. The van der Waals surface area contributed by atoms with Crippen LogP contribution < -0.4 is 10.1 Å². The number of carbonyl (C=O) groups is 2. The lowest BCUT2D eigenvalue weighted by atomic mass is 9.96. The first-order chi connectivity index (χ1) is 12.6. The number of aliphatic hydroxyl groups excluding tert-OH is 1. The van der Waals surface area contributed by atoms with Gasteiger partial charge in [-0.15, -0.1) is 0 Å². The molecule has 1 heterocycles. The van der Waals surface area contributed by atoms with Crippen molar-refractivity contribution in [3.05, 3.63) is 28.3 Å². The van der Waals surface area contributed by atoms with Crippen LogP contribution >= 0.6 is 11.6 Å². The van der Waals surface area contributed by atoms with Crippen molar-refractivity contribution in [1.82, 2.24) is 10.2 Å². The van der Waals surface area contributed by atoms with Gasteiger partial charge in [-0.2, -0.15) is 0 Å². The highest BCUT2D eigenvalue weighted by Gasteiger charge is 2.56. The molecule has 2 atom stereocenters. The van der Waals surface area contributed by atoms with Crippen molar-refractivity contribution in [2.45, 2.75) is 58.1 Å². The Hall–Kier alpha value is -1.79. The minimum atomic E-state index is -0.975. The van der Waals surface area contributed by atoms with E-state index in [1.807, 2.05) is 32.9 Å². The van der Waals surface area contributed by atoms with Crippen LogP contribution in [0.15, 0.2) is 12.1 Å². The van der Waals surface area contributed by atoms with Gasteiger partial charge >= 0.3 is 6.03 Å². The minimum absolute atomic E-state index is 0.0159. The molecule has 27 heavy (non-hydrogen) atoms. The Kier molecular flexibility index (Phi) is 5.41. The third kappa shape index (κ3) is 3.92. The van der Waals surface area contributed by atoms with E-state index in [2.05, 4.69) is 5.32 Å². The van der Waals surface area contributed by atoms with Gasteiger partial charge in [-0.25, -0.2) is 4.79 Å². The number of imide groups is 1. The molecule has 1 aromatic carbocycles. The Morgan fingerprint density at radius 2 is 2.04 bits per heavy atom. The summed E-state index contributed by atoms with van der Waals surface area (Å²) in [6.07, 6.45) is 0.906. The predicted molar refractivity (Wildman–Crippen MR) is 103 cm³/mol. The van der Waals surface area contributed by atoms with E-state index < -0.39 is 17.7 Å². The third-order valence-electron chi connectivity index (χ3n) is 5.43. The van der Waals surface area contributed by atoms with Gasteiger partial charge in [0.05, 0.1) is 6.54 Å². The molecule has 1 aromatic rings. The van der Waals surface area contributed by atoms with Crippen molar-refractivity contribution in [3.63, 3.8) is 0 Å². The fourth-order valence-corrected chi connectivity index (χ4v) is 3.69. The number of halogens is 1. The second-order valence-electron chi connectivity index (χ2n) is 8.08. The maximum absolute atomic E-state index is 12.6. The lowest BCUT2D eigenvalue weighted by molar-refractivity contribution is -0.132. The van der Waals surface area contributed by atoms with Crippen LogP contribution in [0.2, 0.25) is 5.02 Å². The number of benzene rings is 1. The van der Waals surface area contributed by atoms with Crippen LogP contribution in [-0.2, 0) is 4.79 Å². The predicted octanol–water partition coefficient (Wildman–Crippen LogP) is 3.23. The van der Waals surface area contributed by atoms with Crippen molar-refractivity contribution in [2.24, 2.45) is 5.92 Å². The van der Waals surface area contributed by atoms with E-state index in [0.29, 0.717) is 10.8 Å². The smallest absolute Gasteiger partial charge is 0.325 e. The zero-order valence-corrected chi connectivity index (χ0v) is 17.0. The van der Waals surface area contributed by atoms with E-state index in [9.17, 15) is 14.7 Å². The van der Waals surface area contributed by atoms with E-state index in [1.165, 1.54) is 0 Å². The molecule has 6 nitrogen and oxygen atoms in total. The van der Waals surface area contributed by atoms with E-state index >= 15 is 0 Å². The first kappa shape index (κ1) is 20.0. The maximum atomic E-state index is 12.6. The average Bonchev–Trinajstić information content (AvgIpc) is 3.41. The van der Waals surface area contributed by atoms with Crippen LogP contribution in [0.5, 0.6) is 5.75 Å². The molecule has 1 aliphatic heterocycles. The zero-order valence-electron chi connectivity index (χ0n) is 16.2. The number of hydrogen-bond donors (Lipinski definition) is 2. The van der Waals surface area contributed by atoms with E-state index in [-0.39, 0.29) is 30.9 Å². The number of aryl methyl sites for hydroxylation is 1. The first-order valence-electron chi connectivity index (χ1n) is 9.38. The lowest BCUT2D eigenvalue weighted by Crippen LogP contribution is -2.46. The summed E-state index contributed by atoms with van der Waals surface area (Å²) < 4.78 is 5.81. The Labute approximate surface area is 164 Å². The number of carbonyl (C=O) groups excluding carboxylic acids is 2. The second kappa shape index (κ2) is 7.32. The number of nitrogens with one attached hydrogen (secondary N) is 1. The van der Waals surface area contributed by atoms with Crippen molar-refractivity contribution < 1.29 is 19.4 Å². The average molecular weight is 395 g/mol. The molecule has 3 rings (SSSR count). The van der Waals surface area contributed by atoms with Gasteiger partial charge in [-0.1, -0.05) is 25.4 Å². The van der Waals surface area contributed by atoms with Gasteiger partial charge in [0, 0.05) is 5.02 Å². The number of β-amino-alcohol motifs (C(OH)–C–C–N with tert-alkyl or cyclic N) is 1. The van der Waals surface area contributed by atoms with Gasteiger partial charge in [-0.05, 0) is 61.8 Å². The van der Waals surface area contributed by atoms with Gasteiger partial charge in [0.2, 0.25) is 0 Å². The van der Waals surface area contributed by atoms with E-state index in [4.69, 9.17) is 16.3 Å². The molecular formula is C20H27ClN2O4. The van der Waals surface area contributed by atoms with Gasteiger partial charge in [0.25, 0.3) is 5.91 Å². The number of ether oxygens (including phenoxy) is 1. The van der Waals surface area contributed by atoms with Gasteiger partial charge < -0.3 is 15.2 Å². The Balaban J connectivity index is 1.64. The number of nitrogens with zero attached hydrogens (tertiary/aromatic N) is 1. The molecule has 148 valence electrons. The zero-order chi connectivity index (χ0) is 19.9. The highest BCUT2D eigenvalue weighted by molar-refractivity contribution is 6.31. The van der Waals surface area contributed by atoms with E-state index in [1.54, 1.807) is 6.92 Å².